The summed E-state index contributed by atoms with van der Waals surface area (Å²) >= 11 is 4.36. The summed E-state index contributed by atoms with van der Waals surface area (Å²) in [5.74, 6) is -1.26. The van der Waals surface area contributed by atoms with E-state index in [1.165, 1.54) is 14.2 Å². The molecule has 0 aliphatic carbocycles. The number of hydrogen-bond acceptors (Lipinski definition) is 7. The molecule has 1 aromatic carbocycles. The van der Waals surface area contributed by atoms with E-state index in [0.717, 1.165) is 0 Å². The minimum Gasteiger partial charge on any atom is -0.466 e. The van der Waals surface area contributed by atoms with E-state index in [4.69, 9.17) is 14.2 Å². The number of benzene rings is 1. The highest BCUT2D eigenvalue weighted by atomic mass is 32.1. The van der Waals surface area contributed by atoms with Crippen molar-refractivity contribution in [2.24, 2.45) is 0 Å². The summed E-state index contributed by atoms with van der Waals surface area (Å²) in [5.41, 5.74) is 0.867. The molecule has 0 saturated heterocycles. The Labute approximate surface area is 127 Å². The predicted molar refractivity (Wildman–Crippen MR) is 78.1 cm³/mol. The molecule has 21 heavy (non-hydrogen) atoms. The molecule has 1 aliphatic rings. The molecule has 7 heteroatoms. The number of ether oxygens (including phenoxy) is 3. The van der Waals surface area contributed by atoms with Crippen LogP contribution in [0.1, 0.15) is 0 Å². The summed E-state index contributed by atoms with van der Waals surface area (Å²) in [6.45, 7) is 0.102. The van der Waals surface area contributed by atoms with Crippen molar-refractivity contribution in [1.29, 1.82) is 0 Å². The molecule has 1 aromatic rings. The quantitative estimate of drug-likeness (QED) is 0.672. The maximum Gasteiger partial charge on any atom is 0.355 e. The molecule has 0 atom stereocenters. The maximum atomic E-state index is 12.1. The van der Waals surface area contributed by atoms with Gasteiger partial charge >= 0.3 is 11.9 Å². The van der Waals surface area contributed by atoms with Gasteiger partial charge in [-0.3, -0.25) is 0 Å². The second-order valence-corrected chi connectivity index (χ2v) is 4.69. The summed E-state index contributed by atoms with van der Waals surface area (Å²) in [4.78, 5) is 26.1. The number of thiol groups is 1. The van der Waals surface area contributed by atoms with E-state index in [1.54, 1.807) is 23.1 Å². The molecule has 0 radical (unpaired) electrons. The van der Waals surface area contributed by atoms with E-state index in [1.807, 2.05) is 6.07 Å². The smallest absolute Gasteiger partial charge is 0.355 e. The van der Waals surface area contributed by atoms with Crippen molar-refractivity contribution in [2.45, 2.75) is 4.90 Å². The lowest BCUT2D eigenvalue weighted by molar-refractivity contribution is -0.140. The molecule has 0 saturated carbocycles. The summed E-state index contributed by atoms with van der Waals surface area (Å²) < 4.78 is 14.9. The molecule has 1 heterocycles. The first-order valence-corrected chi connectivity index (χ1v) is 6.58. The molecule has 0 N–H and O–H groups in total. The maximum absolute atomic E-state index is 12.1. The van der Waals surface area contributed by atoms with Gasteiger partial charge in [-0.25, -0.2) is 9.59 Å². The summed E-state index contributed by atoms with van der Waals surface area (Å²) in [6, 6.07) is 7.17. The van der Waals surface area contributed by atoms with E-state index in [2.05, 4.69) is 12.6 Å². The second-order valence-electron chi connectivity index (χ2n) is 4.20. The number of carbonyl (C=O) groups excluding carboxylic acids is 2. The van der Waals surface area contributed by atoms with Gasteiger partial charge in [0.1, 0.15) is 12.4 Å². The van der Waals surface area contributed by atoms with Crippen molar-refractivity contribution in [3.8, 4) is 0 Å². The van der Waals surface area contributed by atoms with Gasteiger partial charge in [-0.1, -0.05) is 12.1 Å². The predicted octanol–water partition coefficient (Wildman–Crippen LogP) is 1.37. The Balaban J connectivity index is 2.56. The number of methoxy groups -OCH3 is 2. The number of carbonyl (C=O) groups is 2. The first-order valence-electron chi connectivity index (χ1n) is 6.13. The highest BCUT2D eigenvalue weighted by Crippen LogP contribution is 2.31. The summed E-state index contributed by atoms with van der Waals surface area (Å²) in [7, 11) is 2.50. The van der Waals surface area contributed by atoms with Crippen LogP contribution >= 0.6 is 12.6 Å². The van der Waals surface area contributed by atoms with Gasteiger partial charge in [-0.2, -0.15) is 0 Å². The van der Waals surface area contributed by atoms with Gasteiger partial charge in [-0.15, -0.1) is 12.6 Å². The second kappa shape index (κ2) is 6.64. The Hall–Kier alpha value is -1.99. The third kappa shape index (κ3) is 3.03. The lowest BCUT2D eigenvalue weighted by Crippen LogP contribution is -2.39. The number of nitrogens with zero attached hydrogens (tertiary/aromatic N) is 1. The molecule has 2 rings (SSSR count). The fourth-order valence-electron chi connectivity index (χ4n) is 2.03. The van der Waals surface area contributed by atoms with Crippen LogP contribution < -0.4 is 4.90 Å². The largest absolute Gasteiger partial charge is 0.466 e. The number of rotatable bonds is 3. The highest BCUT2D eigenvalue weighted by Gasteiger charge is 2.32. The normalized spacial score (nSPS) is 14.9. The molecule has 1 aliphatic heterocycles. The van der Waals surface area contributed by atoms with Crippen LogP contribution in [0.4, 0.5) is 5.69 Å². The van der Waals surface area contributed by atoms with Crippen LogP contribution in [0, 0.1) is 0 Å². The Kier molecular flexibility index (Phi) is 4.87. The number of hydrogen-bond donors (Lipinski definition) is 1. The van der Waals surface area contributed by atoms with Crippen molar-refractivity contribution in [2.75, 3.05) is 32.5 Å². The number of esters is 2. The average molecular weight is 309 g/mol. The molecular formula is C14H15NO5S. The van der Waals surface area contributed by atoms with Crippen molar-refractivity contribution in [3.63, 3.8) is 0 Å². The summed E-state index contributed by atoms with van der Waals surface area (Å²) in [5, 5.41) is 0. The number of para-hydroxylation sites is 1. The fraction of sp³-hybridized carbons (Fsp3) is 0.286. The van der Waals surface area contributed by atoms with Gasteiger partial charge in [0.2, 0.25) is 0 Å². The van der Waals surface area contributed by atoms with Crippen LogP contribution in [0.3, 0.4) is 0 Å². The Morgan fingerprint density at radius 1 is 1.19 bits per heavy atom. The molecule has 0 spiro atoms. The fourth-order valence-corrected chi connectivity index (χ4v) is 2.31. The Morgan fingerprint density at radius 3 is 2.48 bits per heavy atom. The van der Waals surface area contributed by atoms with Crippen LogP contribution in [0.5, 0.6) is 0 Å². The Bertz CT molecular complexity index is 599. The molecular weight excluding hydrogens is 294 g/mol. The van der Waals surface area contributed by atoms with Gasteiger partial charge in [-0.05, 0) is 12.1 Å². The molecule has 0 amide bonds. The minimum atomic E-state index is -0.629. The van der Waals surface area contributed by atoms with Crippen molar-refractivity contribution in [1.82, 2.24) is 0 Å². The van der Waals surface area contributed by atoms with Gasteiger partial charge in [0, 0.05) is 4.90 Å². The van der Waals surface area contributed by atoms with Crippen LogP contribution in [-0.2, 0) is 23.8 Å². The zero-order valence-corrected chi connectivity index (χ0v) is 12.6. The molecule has 0 bridgehead atoms. The SMILES string of the molecule is COC(=O)C1=C(C(=O)OC)N(c2ccccc2S)COC1. The van der Waals surface area contributed by atoms with E-state index in [-0.39, 0.29) is 24.6 Å². The molecule has 0 fully saturated rings. The molecule has 112 valence electrons. The zero-order chi connectivity index (χ0) is 15.4. The van der Waals surface area contributed by atoms with Crippen molar-refractivity contribution < 1.29 is 23.8 Å². The van der Waals surface area contributed by atoms with Crippen LogP contribution in [0.15, 0.2) is 40.4 Å². The minimum absolute atomic E-state index is 0.0116. The average Bonchev–Trinajstić information content (AvgIpc) is 2.53. The third-order valence-corrected chi connectivity index (χ3v) is 3.38. The van der Waals surface area contributed by atoms with Gasteiger partial charge in [0.25, 0.3) is 0 Å². The zero-order valence-electron chi connectivity index (χ0n) is 11.7. The van der Waals surface area contributed by atoms with Gasteiger partial charge < -0.3 is 19.1 Å². The third-order valence-electron chi connectivity index (χ3n) is 3.01. The van der Waals surface area contributed by atoms with Crippen LogP contribution in [0.25, 0.3) is 0 Å². The van der Waals surface area contributed by atoms with E-state index < -0.39 is 11.9 Å². The van der Waals surface area contributed by atoms with Gasteiger partial charge in [0.05, 0.1) is 32.1 Å². The number of anilines is 1. The van der Waals surface area contributed by atoms with Crippen LogP contribution in [-0.4, -0.2) is 39.5 Å². The lowest BCUT2D eigenvalue weighted by atomic mass is 10.1. The highest BCUT2D eigenvalue weighted by molar-refractivity contribution is 7.80. The van der Waals surface area contributed by atoms with Gasteiger partial charge in [0.15, 0.2) is 0 Å². The molecule has 0 unspecified atom stereocenters. The topological polar surface area (TPSA) is 65.1 Å². The summed E-state index contributed by atoms with van der Waals surface area (Å²) in [6.07, 6.45) is 0. The first kappa shape index (κ1) is 15.4. The standard InChI is InChI=1S/C14H15NO5S/c1-18-13(16)9-7-20-8-15(12(9)14(17)19-2)10-5-3-4-6-11(10)21/h3-6,21H,7-8H2,1-2H3. The van der Waals surface area contributed by atoms with Crippen molar-refractivity contribution >= 4 is 30.3 Å². The Morgan fingerprint density at radius 2 is 1.86 bits per heavy atom. The first-order chi connectivity index (χ1) is 10.1. The monoisotopic (exact) mass is 309 g/mol. The van der Waals surface area contributed by atoms with E-state index in [9.17, 15) is 9.59 Å². The lowest BCUT2D eigenvalue weighted by Gasteiger charge is -2.31. The van der Waals surface area contributed by atoms with Crippen molar-refractivity contribution in [3.05, 3.63) is 35.5 Å². The van der Waals surface area contributed by atoms with E-state index in [0.29, 0.717) is 10.6 Å². The molecule has 6 nitrogen and oxygen atoms in total. The molecule has 0 aromatic heterocycles. The van der Waals surface area contributed by atoms with E-state index >= 15 is 0 Å². The van der Waals surface area contributed by atoms with Crippen LogP contribution in [0.2, 0.25) is 0 Å².